The van der Waals surface area contributed by atoms with Crippen LogP contribution in [0.4, 0.5) is 36.4 Å². The van der Waals surface area contributed by atoms with E-state index < -0.39 is 23.9 Å². The Morgan fingerprint density at radius 3 is 2.14 bits per heavy atom. The fraction of sp³-hybridized carbons (Fsp3) is 0.412. The normalized spacial score (nSPS) is 12.9. The molecule has 0 aliphatic heterocycles. The Morgan fingerprint density at radius 1 is 1.04 bits per heavy atom. The second-order valence-electron chi connectivity index (χ2n) is 6.23. The molecule has 0 bridgehead atoms. The summed E-state index contributed by atoms with van der Waals surface area (Å²) in [5.41, 5.74) is 1.49. The number of nitrogens with one attached hydrogen (secondary N) is 1. The van der Waals surface area contributed by atoms with Crippen LogP contribution in [0.1, 0.15) is 22.5 Å². The quantitative estimate of drug-likeness (QED) is 0.730. The maximum absolute atomic E-state index is 13.5. The first kappa shape index (κ1) is 21.7. The van der Waals surface area contributed by atoms with Crippen molar-refractivity contribution in [3.63, 3.8) is 0 Å². The van der Waals surface area contributed by atoms with Crippen molar-refractivity contribution in [1.29, 1.82) is 0 Å². The summed E-state index contributed by atoms with van der Waals surface area (Å²) < 4.78 is 91.2. The molecule has 0 atom stereocenters. The molecule has 2 rings (SSSR count). The summed E-state index contributed by atoms with van der Waals surface area (Å²) in [5.74, 6) is -15.3. The second kappa shape index (κ2) is 7.10. The third-order valence-corrected chi connectivity index (χ3v) is 4.24. The number of rotatable bonds is 5. The number of benzene rings is 1. The van der Waals surface area contributed by atoms with Crippen LogP contribution in [0.3, 0.4) is 0 Å². The molecule has 1 N–H and O–H groups in total. The van der Waals surface area contributed by atoms with Gasteiger partial charge in [0.25, 0.3) is 0 Å². The summed E-state index contributed by atoms with van der Waals surface area (Å²) in [6.45, 7) is 4.68. The Balaban J connectivity index is 2.31. The summed E-state index contributed by atoms with van der Waals surface area (Å²) in [6, 6.07) is 7.16. The number of carbonyl (C=O) groups excluding carboxylic acids is 1. The zero-order valence-corrected chi connectivity index (χ0v) is 15.0. The number of hydrogen-bond donors (Lipinski definition) is 1. The summed E-state index contributed by atoms with van der Waals surface area (Å²) in [4.78, 5) is 11.6. The van der Waals surface area contributed by atoms with Crippen LogP contribution < -0.4 is 5.32 Å². The van der Waals surface area contributed by atoms with Gasteiger partial charge in [-0.15, -0.1) is 0 Å². The summed E-state index contributed by atoms with van der Waals surface area (Å²) in [5, 5.41) is 5.51. The molecule has 0 aliphatic carbocycles. The van der Waals surface area contributed by atoms with Gasteiger partial charge in [-0.25, -0.2) is 0 Å². The number of alkyl halides is 7. The topological polar surface area (TPSA) is 46.9 Å². The lowest BCUT2D eigenvalue weighted by molar-refractivity contribution is -0.343. The Kier molecular flexibility index (Phi) is 5.50. The van der Waals surface area contributed by atoms with E-state index in [1.807, 2.05) is 13.0 Å². The first-order valence-electron chi connectivity index (χ1n) is 7.92. The minimum atomic E-state index is -6.59. The van der Waals surface area contributed by atoms with Crippen LogP contribution in [0.5, 0.6) is 0 Å². The molecule has 0 radical (unpaired) electrons. The zero-order chi connectivity index (χ0) is 21.5. The van der Waals surface area contributed by atoms with E-state index in [0.717, 1.165) is 11.1 Å². The van der Waals surface area contributed by atoms with Gasteiger partial charge in [-0.1, -0.05) is 24.3 Å². The average molecular weight is 411 g/mol. The standard InChI is InChI=1S/C17H16F7N3O/c1-9-6-4-5-7-12(9)8-27-11(3)13(10(2)26-27)25-14(28)15(18,19)16(20,21)17(22,23)24/h4-7H,8H2,1-3H3,(H,25,28). The Morgan fingerprint density at radius 2 is 1.61 bits per heavy atom. The van der Waals surface area contributed by atoms with Crippen LogP contribution in [0, 0.1) is 20.8 Å². The number of halogens is 7. The van der Waals surface area contributed by atoms with E-state index >= 15 is 0 Å². The number of hydrogen-bond acceptors (Lipinski definition) is 2. The maximum Gasteiger partial charge on any atom is 0.460 e. The van der Waals surface area contributed by atoms with Gasteiger partial charge in [0.1, 0.15) is 0 Å². The number of amides is 1. The van der Waals surface area contributed by atoms with Gasteiger partial charge in [0.05, 0.1) is 23.6 Å². The van der Waals surface area contributed by atoms with Crippen LogP contribution in [0.15, 0.2) is 24.3 Å². The predicted octanol–water partition coefficient (Wildman–Crippen LogP) is 4.63. The number of anilines is 1. The molecule has 0 spiro atoms. The lowest BCUT2D eigenvalue weighted by Crippen LogP contribution is -2.57. The Bertz CT molecular complexity index is 887. The molecular weight excluding hydrogens is 395 g/mol. The SMILES string of the molecule is Cc1ccccc1Cn1nc(C)c(NC(=O)C(F)(F)C(F)(F)C(F)(F)F)c1C. The third-order valence-electron chi connectivity index (χ3n) is 4.24. The molecule has 0 unspecified atom stereocenters. The lowest BCUT2D eigenvalue weighted by atomic mass is 10.1. The minimum Gasteiger partial charge on any atom is -0.317 e. The van der Waals surface area contributed by atoms with Crippen molar-refractivity contribution in [3.8, 4) is 0 Å². The van der Waals surface area contributed by atoms with Crippen molar-refractivity contribution in [1.82, 2.24) is 9.78 Å². The fourth-order valence-corrected chi connectivity index (χ4v) is 2.49. The molecule has 1 aromatic carbocycles. The van der Waals surface area contributed by atoms with E-state index in [-0.39, 0.29) is 23.6 Å². The van der Waals surface area contributed by atoms with Crippen molar-refractivity contribution in [2.75, 3.05) is 5.32 Å². The summed E-state index contributed by atoms with van der Waals surface area (Å²) in [7, 11) is 0. The van der Waals surface area contributed by atoms with E-state index in [9.17, 15) is 35.5 Å². The largest absolute Gasteiger partial charge is 0.460 e. The molecule has 154 valence electrons. The van der Waals surface area contributed by atoms with Gasteiger partial charge < -0.3 is 5.32 Å². The van der Waals surface area contributed by atoms with E-state index in [0.29, 0.717) is 0 Å². The number of aryl methyl sites for hydroxylation is 2. The molecule has 4 nitrogen and oxygen atoms in total. The van der Waals surface area contributed by atoms with Crippen LogP contribution in [0.2, 0.25) is 0 Å². The van der Waals surface area contributed by atoms with Crippen molar-refractivity contribution in [2.24, 2.45) is 0 Å². The number of nitrogens with zero attached hydrogens (tertiary/aromatic N) is 2. The Hall–Kier alpha value is -2.59. The molecule has 0 saturated carbocycles. The Labute approximate surface area is 155 Å². The monoisotopic (exact) mass is 411 g/mol. The van der Waals surface area contributed by atoms with Gasteiger partial charge in [0.2, 0.25) is 0 Å². The zero-order valence-electron chi connectivity index (χ0n) is 15.0. The van der Waals surface area contributed by atoms with Gasteiger partial charge in [-0.3, -0.25) is 9.48 Å². The number of aromatic nitrogens is 2. The van der Waals surface area contributed by atoms with E-state index in [4.69, 9.17) is 0 Å². The van der Waals surface area contributed by atoms with Crippen LogP contribution in [0.25, 0.3) is 0 Å². The molecule has 0 saturated heterocycles. The van der Waals surface area contributed by atoms with Crippen molar-refractivity contribution in [3.05, 3.63) is 46.8 Å². The first-order chi connectivity index (χ1) is 12.7. The number of carbonyl (C=O) groups is 1. The van der Waals surface area contributed by atoms with E-state index in [1.54, 1.807) is 18.2 Å². The molecule has 11 heteroatoms. The van der Waals surface area contributed by atoms with Gasteiger partial charge in [-0.2, -0.15) is 35.8 Å². The molecule has 0 fully saturated rings. The van der Waals surface area contributed by atoms with Crippen molar-refractivity contribution in [2.45, 2.75) is 45.3 Å². The van der Waals surface area contributed by atoms with Crippen molar-refractivity contribution >= 4 is 11.6 Å². The lowest BCUT2D eigenvalue weighted by Gasteiger charge is -2.27. The van der Waals surface area contributed by atoms with Crippen LogP contribution in [-0.4, -0.2) is 33.7 Å². The maximum atomic E-state index is 13.5. The van der Waals surface area contributed by atoms with Gasteiger partial charge in [-0.05, 0) is 31.9 Å². The minimum absolute atomic E-state index is 0.00874. The van der Waals surface area contributed by atoms with E-state index in [2.05, 4.69) is 5.10 Å². The highest BCUT2D eigenvalue weighted by Gasteiger charge is 2.76. The van der Waals surface area contributed by atoms with E-state index in [1.165, 1.54) is 23.8 Å². The molecule has 0 aliphatic rings. The van der Waals surface area contributed by atoms with Crippen molar-refractivity contribution < 1.29 is 35.5 Å². The smallest absolute Gasteiger partial charge is 0.317 e. The molecule has 1 heterocycles. The van der Waals surface area contributed by atoms with Gasteiger partial charge in [0, 0.05) is 0 Å². The predicted molar refractivity (Wildman–Crippen MR) is 86.6 cm³/mol. The molecule has 1 amide bonds. The van der Waals surface area contributed by atoms with Gasteiger partial charge >= 0.3 is 23.9 Å². The highest BCUT2D eigenvalue weighted by atomic mass is 19.4. The third kappa shape index (κ3) is 3.69. The van der Waals surface area contributed by atoms with Crippen LogP contribution >= 0.6 is 0 Å². The molecule has 2 aromatic rings. The second-order valence-corrected chi connectivity index (χ2v) is 6.23. The van der Waals surface area contributed by atoms with Crippen LogP contribution in [-0.2, 0) is 11.3 Å². The molecular formula is C17H16F7N3O. The average Bonchev–Trinajstić information content (AvgIpc) is 2.83. The highest BCUT2D eigenvalue weighted by Crippen LogP contribution is 2.47. The molecule has 1 aromatic heterocycles. The van der Waals surface area contributed by atoms with Gasteiger partial charge in [0.15, 0.2) is 0 Å². The summed E-state index contributed by atoms with van der Waals surface area (Å²) in [6.07, 6.45) is -6.59. The highest BCUT2D eigenvalue weighted by molar-refractivity contribution is 5.97. The fourth-order valence-electron chi connectivity index (χ4n) is 2.49. The molecule has 28 heavy (non-hydrogen) atoms. The first-order valence-corrected chi connectivity index (χ1v) is 7.92. The summed E-state index contributed by atoms with van der Waals surface area (Å²) >= 11 is 0.